The van der Waals surface area contributed by atoms with Gasteiger partial charge in [0.1, 0.15) is 0 Å². The lowest BCUT2D eigenvalue weighted by Crippen LogP contribution is -1.65. The third kappa shape index (κ3) is 6.88. The molecule has 0 aromatic heterocycles. The van der Waals surface area contributed by atoms with Gasteiger partial charge in [0.2, 0.25) is 0 Å². The second-order valence-electron chi connectivity index (χ2n) is 0.947. The first kappa shape index (κ1) is 3.67. The van der Waals surface area contributed by atoms with Crippen LogP contribution in [-0.2, 0) is 0 Å². The van der Waals surface area contributed by atoms with Crippen LogP contribution in [0.15, 0.2) is 0 Å². The van der Waals surface area contributed by atoms with Crippen LogP contribution < -0.4 is 0 Å². The zero-order chi connectivity index (χ0) is 3.58. The summed E-state index contributed by atoms with van der Waals surface area (Å²) in [5.74, 6) is 0. The predicted octanol–water partition coefficient (Wildman–Crippen LogP) is 1.04. The van der Waals surface area contributed by atoms with Gasteiger partial charge < -0.3 is 5.41 Å². The summed E-state index contributed by atoms with van der Waals surface area (Å²) in [6, 6.07) is 0. The van der Waals surface area contributed by atoms with Crippen molar-refractivity contribution in [3.05, 3.63) is 5.41 Å². The Hall–Kier alpha value is -0.330. The molecule has 0 aliphatic heterocycles. The molecule has 0 atom stereocenters. The van der Waals surface area contributed by atoms with Gasteiger partial charge in [-0.25, -0.2) is 5.71 Å². The summed E-state index contributed by atoms with van der Waals surface area (Å²) in [6.07, 6.45) is 0. The highest BCUT2D eigenvalue weighted by Gasteiger charge is 1.39. The zero-order valence-corrected chi connectivity index (χ0v) is 2.95. The Balaban J connectivity index is 2.80. The molecule has 0 amide bonds. The van der Waals surface area contributed by atoms with Crippen molar-refractivity contribution in [2.75, 3.05) is 0 Å². The van der Waals surface area contributed by atoms with E-state index < -0.39 is 0 Å². The lowest BCUT2D eigenvalue weighted by atomic mass is 10.5. The topological polar surface area (TPSA) is 22.3 Å². The maximum atomic E-state index is 7.97. The second-order valence-corrected chi connectivity index (χ2v) is 0.947. The van der Waals surface area contributed by atoms with Crippen LogP contribution >= 0.6 is 0 Å². The molecule has 0 heterocycles. The van der Waals surface area contributed by atoms with Gasteiger partial charge in [-0.3, -0.25) is 0 Å². The third-order valence-corrected chi connectivity index (χ3v) is 0. The van der Waals surface area contributed by atoms with Crippen molar-refractivity contribution >= 4 is 5.71 Å². The Morgan fingerprint density at radius 3 is 1.50 bits per heavy atom. The molecular weight excluding hydrogens is 50.0 g/mol. The smallest absolute Gasteiger partial charge is 0.0661 e. The van der Waals surface area contributed by atoms with Crippen molar-refractivity contribution < 1.29 is 0 Å². The normalized spacial score (nSPS) is 6.50. The maximum Gasteiger partial charge on any atom is -0.0661 e. The van der Waals surface area contributed by atoms with Crippen molar-refractivity contribution in [1.29, 1.82) is 0 Å². The molecule has 0 radical (unpaired) electrons. The molecule has 0 aliphatic carbocycles. The fraction of sp³-hybridized carbons (Fsp3) is 0.667. The fourth-order valence-electron chi connectivity index (χ4n) is 0. The lowest BCUT2D eigenvalue weighted by Gasteiger charge is -1.83. The first-order valence-electron chi connectivity index (χ1n) is 1.22. The van der Waals surface area contributed by atoms with Crippen LogP contribution in [0.4, 0.5) is 0 Å². The lowest BCUT2D eigenvalue weighted by molar-refractivity contribution is 1.81. The Labute approximate surface area is 26.2 Å². The van der Waals surface area contributed by atoms with Crippen molar-refractivity contribution in [3.8, 4) is 0 Å². The van der Waals surface area contributed by atoms with Gasteiger partial charge in [0.15, 0.2) is 0 Å². The standard InChI is InChI=1S/C3H6N/c1-3(2)4/h1-2H3/q-1. The van der Waals surface area contributed by atoms with Gasteiger partial charge >= 0.3 is 0 Å². The van der Waals surface area contributed by atoms with Crippen molar-refractivity contribution in [3.63, 3.8) is 0 Å². The Bertz CT molecular complexity index is 26.3. The van der Waals surface area contributed by atoms with E-state index in [-0.39, 0.29) is 0 Å². The Morgan fingerprint density at radius 2 is 1.50 bits per heavy atom. The van der Waals surface area contributed by atoms with Gasteiger partial charge in [-0.05, 0) is 0 Å². The van der Waals surface area contributed by atoms with E-state index in [4.69, 9.17) is 5.41 Å². The van der Waals surface area contributed by atoms with E-state index in [0.29, 0.717) is 5.71 Å². The molecule has 0 fully saturated rings. The molecule has 24 valence electrons. The minimum atomic E-state index is 0.417. The summed E-state index contributed by atoms with van der Waals surface area (Å²) in [6.45, 7) is 3.28. The van der Waals surface area contributed by atoms with E-state index in [9.17, 15) is 0 Å². The summed E-state index contributed by atoms with van der Waals surface area (Å²) < 4.78 is 0. The van der Waals surface area contributed by atoms with Gasteiger partial charge in [0.05, 0.1) is 0 Å². The van der Waals surface area contributed by atoms with Crippen molar-refractivity contribution in [2.24, 2.45) is 0 Å². The van der Waals surface area contributed by atoms with Gasteiger partial charge in [-0.2, -0.15) is 0 Å². The van der Waals surface area contributed by atoms with Gasteiger partial charge in [-0.15, -0.1) is 0 Å². The van der Waals surface area contributed by atoms with Crippen LogP contribution in [0.5, 0.6) is 0 Å². The maximum absolute atomic E-state index is 7.97. The minimum absolute atomic E-state index is 0.417. The van der Waals surface area contributed by atoms with E-state index >= 15 is 0 Å². The summed E-state index contributed by atoms with van der Waals surface area (Å²) in [7, 11) is 0. The number of rotatable bonds is 0. The van der Waals surface area contributed by atoms with Crippen LogP contribution in [0.3, 0.4) is 0 Å². The van der Waals surface area contributed by atoms with Crippen molar-refractivity contribution in [2.45, 2.75) is 13.8 Å². The monoisotopic (exact) mass is 56.1 g/mol. The summed E-state index contributed by atoms with van der Waals surface area (Å²) in [4.78, 5) is 0. The average Bonchev–Trinajstić information content (AvgIpc) is 0.811. The first-order chi connectivity index (χ1) is 1.73. The number of hydrogen-bond donors (Lipinski definition) is 0. The average molecular weight is 56.1 g/mol. The molecule has 0 rings (SSSR count). The Kier molecular flexibility index (Phi) is 0.958. The fourth-order valence-corrected chi connectivity index (χ4v) is 0. The zero-order valence-electron chi connectivity index (χ0n) is 2.95. The molecule has 0 aliphatic rings. The van der Waals surface area contributed by atoms with E-state index in [1.807, 2.05) is 0 Å². The van der Waals surface area contributed by atoms with Gasteiger partial charge in [-0.1, -0.05) is 13.8 Å². The van der Waals surface area contributed by atoms with E-state index in [0.717, 1.165) is 0 Å². The highest BCUT2D eigenvalue weighted by atomic mass is 14.3. The van der Waals surface area contributed by atoms with Gasteiger partial charge in [0, 0.05) is 0 Å². The van der Waals surface area contributed by atoms with Crippen LogP contribution in [0, 0.1) is 0 Å². The number of hydrogen-bond acceptors (Lipinski definition) is 0. The first-order valence-corrected chi connectivity index (χ1v) is 1.22. The molecule has 0 aromatic carbocycles. The molecule has 1 heteroatoms. The SMILES string of the molecule is CC(C)=[N-]. The molecule has 1 nitrogen and oxygen atoms in total. The molecule has 0 spiro atoms. The van der Waals surface area contributed by atoms with Gasteiger partial charge in [0.25, 0.3) is 0 Å². The predicted molar refractivity (Wildman–Crippen MR) is 19.7 cm³/mol. The molecule has 4 heavy (non-hydrogen) atoms. The molecule has 0 aromatic rings. The van der Waals surface area contributed by atoms with Crippen LogP contribution in [0.25, 0.3) is 5.41 Å². The third-order valence-electron chi connectivity index (χ3n) is 0. The minimum Gasteiger partial charge on any atom is -0.812 e. The van der Waals surface area contributed by atoms with E-state index in [2.05, 4.69) is 0 Å². The summed E-state index contributed by atoms with van der Waals surface area (Å²) >= 11 is 0. The molecule has 0 saturated heterocycles. The quantitative estimate of drug-likeness (QED) is 0.370. The van der Waals surface area contributed by atoms with E-state index in [1.54, 1.807) is 13.8 Å². The highest BCUT2D eigenvalue weighted by molar-refractivity contribution is 5.81. The Morgan fingerprint density at radius 1 is 1.50 bits per heavy atom. The van der Waals surface area contributed by atoms with Crippen LogP contribution in [-0.4, -0.2) is 5.71 Å². The second kappa shape index (κ2) is 1.04. The summed E-state index contributed by atoms with van der Waals surface area (Å²) in [5, 5.41) is 7.97. The molecule has 0 unspecified atom stereocenters. The molecule has 0 N–H and O–H groups in total. The largest absolute Gasteiger partial charge is 0.812 e. The number of nitrogens with zero attached hydrogens (tertiary/aromatic N) is 1. The van der Waals surface area contributed by atoms with Crippen LogP contribution in [0.1, 0.15) is 13.8 Å². The van der Waals surface area contributed by atoms with Crippen LogP contribution in [0.2, 0.25) is 0 Å². The summed E-state index contributed by atoms with van der Waals surface area (Å²) in [5.41, 5.74) is 0.417. The molecule has 0 bridgehead atoms. The van der Waals surface area contributed by atoms with E-state index in [1.165, 1.54) is 0 Å². The highest BCUT2D eigenvalue weighted by Crippen LogP contribution is 1.55. The van der Waals surface area contributed by atoms with Crippen molar-refractivity contribution in [1.82, 2.24) is 0 Å². The molecule has 0 saturated carbocycles. The molecular formula is C3H6N-.